The van der Waals surface area contributed by atoms with Gasteiger partial charge in [0.1, 0.15) is 0 Å². The number of aliphatic imine (C=N–C) groups is 1. The van der Waals surface area contributed by atoms with Crippen LogP contribution in [0.5, 0.6) is 0 Å². The summed E-state index contributed by atoms with van der Waals surface area (Å²) >= 11 is 0. The molecule has 0 amide bonds. The van der Waals surface area contributed by atoms with Gasteiger partial charge in [0, 0.05) is 32.7 Å². The predicted octanol–water partition coefficient (Wildman–Crippen LogP) is 1.92. The SMILES string of the molecule is CN=C(N)N1CC[C@H]2[C@H](CCCN2Cc2ccccc2)C1. The van der Waals surface area contributed by atoms with Crippen molar-refractivity contribution in [2.24, 2.45) is 16.6 Å². The molecule has 2 aliphatic heterocycles. The van der Waals surface area contributed by atoms with Crippen molar-refractivity contribution < 1.29 is 0 Å². The number of nitrogens with two attached hydrogens (primary N) is 1. The molecule has 4 nitrogen and oxygen atoms in total. The fourth-order valence-corrected chi connectivity index (χ4v) is 3.87. The van der Waals surface area contributed by atoms with Gasteiger partial charge in [0.15, 0.2) is 5.96 Å². The molecule has 1 aromatic carbocycles. The number of likely N-dealkylation sites (tertiary alicyclic amines) is 2. The molecule has 3 rings (SSSR count). The molecule has 0 saturated carbocycles. The lowest BCUT2D eigenvalue weighted by Gasteiger charge is -2.47. The van der Waals surface area contributed by atoms with Crippen molar-refractivity contribution >= 4 is 5.96 Å². The van der Waals surface area contributed by atoms with E-state index < -0.39 is 0 Å². The highest BCUT2D eigenvalue weighted by molar-refractivity contribution is 5.78. The first-order valence-corrected chi connectivity index (χ1v) is 8.03. The summed E-state index contributed by atoms with van der Waals surface area (Å²) in [6, 6.07) is 11.5. The summed E-state index contributed by atoms with van der Waals surface area (Å²) in [5, 5.41) is 0. The third kappa shape index (κ3) is 3.21. The molecule has 2 atom stereocenters. The molecule has 4 heteroatoms. The molecule has 0 aliphatic carbocycles. The minimum absolute atomic E-state index is 0.702. The van der Waals surface area contributed by atoms with Crippen LogP contribution in [0.25, 0.3) is 0 Å². The third-order valence-electron chi connectivity index (χ3n) is 4.96. The lowest BCUT2D eigenvalue weighted by atomic mass is 9.83. The molecule has 0 unspecified atom stereocenters. The van der Waals surface area contributed by atoms with Crippen molar-refractivity contribution in [3.63, 3.8) is 0 Å². The first-order chi connectivity index (χ1) is 10.3. The Bertz CT molecular complexity index is 485. The third-order valence-corrected chi connectivity index (χ3v) is 4.96. The molecule has 0 bridgehead atoms. The lowest BCUT2D eigenvalue weighted by molar-refractivity contribution is 0.0378. The summed E-state index contributed by atoms with van der Waals surface area (Å²) in [6.45, 7) is 4.42. The largest absolute Gasteiger partial charge is 0.370 e. The van der Waals surface area contributed by atoms with Gasteiger partial charge in [-0.1, -0.05) is 30.3 Å². The molecule has 2 fully saturated rings. The maximum atomic E-state index is 5.99. The van der Waals surface area contributed by atoms with E-state index in [0.717, 1.165) is 25.6 Å². The molecule has 114 valence electrons. The minimum Gasteiger partial charge on any atom is -0.370 e. The molecule has 2 saturated heterocycles. The van der Waals surface area contributed by atoms with Gasteiger partial charge < -0.3 is 10.6 Å². The molecule has 1 aromatic rings. The molecular weight excluding hydrogens is 260 g/mol. The second-order valence-electron chi connectivity index (χ2n) is 6.24. The highest BCUT2D eigenvalue weighted by atomic mass is 15.3. The van der Waals surface area contributed by atoms with Gasteiger partial charge in [-0.15, -0.1) is 0 Å². The lowest BCUT2D eigenvalue weighted by Crippen LogP contribution is -2.56. The van der Waals surface area contributed by atoms with Crippen LogP contribution in [0.15, 0.2) is 35.3 Å². The molecule has 0 spiro atoms. The fraction of sp³-hybridized carbons (Fsp3) is 0.588. The standard InChI is InChI=1S/C17H26N4/c1-19-17(18)21-11-9-16-15(13-21)8-5-10-20(16)12-14-6-3-2-4-7-14/h2-4,6-7,15-16H,5,8-13H2,1H3,(H2,18,19)/t15-,16+/m1/s1. The minimum atomic E-state index is 0.702. The molecule has 2 N–H and O–H groups in total. The van der Waals surface area contributed by atoms with E-state index in [9.17, 15) is 0 Å². The van der Waals surface area contributed by atoms with Gasteiger partial charge in [-0.3, -0.25) is 9.89 Å². The number of hydrogen-bond donors (Lipinski definition) is 1. The maximum absolute atomic E-state index is 5.99. The predicted molar refractivity (Wildman–Crippen MR) is 87.1 cm³/mol. The molecule has 2 heterocycles. The van der Waals surface area contributed by atoms with Crippen molar-refractivity contribution in [2.45, 2.75) is 31.8 Å². The Morgan fingerprint density at radius 3 is 2.81 bits per heavy atom. The van der Waals surface area contributed by atoms with Gasteiger partial charge in [-0.05, 0) is 37.3 Å². The maximum Gasteiger partial charge on any atom is 0.190 e. The monoisotopic (exact) mass is 286 g/mol. The Morgan fingerprint density at radius 1 is 1.24 bits per heavy atom. The summed E-state index contributed by atoms with van der Waals surface area (Å²) < 4.78 is 0. The van der Waals surface area contributed by atoms with Gasteiger partial charge >= 0.3 is 0 Å². The molecule has 0 aromatic heterocycles. The van der Waals surface area contributed by atoms with E-state index in [0.29, 0.717) is 12.0 Å². The van der Waals surface area contributed by atoms with Crippen LogP contribution in [-0.4, -0.2) is 48.5 Å². The van der Waals surface area contributed by atoms with Crippen molar-refractivity contribution in [3.8, 4) is 0 Å². The highest BCUT2D eigenvalue weighted by Gasteiger charge is 2.36. The van der Waals surface area contributed by atoms with E-state index in [4.69, 9.17) is 5.73 Å². The number of rotatable bonds is 2. The fourth-order valence-electron chi connectivity index (χ4n) is 3.87. The topological polar surface area (TPSA) is 44.9 Å². The van der Waals surface area contributed by atoms with Crippen LogP contribution in [0.4, 0.5) is 0 Å². The van der Waals surface area contributed by atoms with E-state index >= 15 is 0 Å². The Hall–Kier alpha value is -1.55. The summed E-state index contributed by atoms with van der Waals surface area (Å²) in [5.74, 6) is 1.44. The molecule has 21 heavy (non-hydrogen) atoms. The number of hydrogen-bond acceptors (Lipinski definition) is 2. The van der Waals surface area contributed by atoms with E-state index in [1.54, 1.807) is 7.05 Å². The van der Waals surface area contributed by atoms with Crippen LogP contribution in [0, 0.1) is 5.92 Å². The van der Waals surface area contributed by atoms with Crippen LogP contribution in [-0.2, 0) is 6.54 Å². The summed E-state index contributed by atoms with van der Waals surface area (Å²) in [4.78, 5) is 9.08. The van der Waals surface area contributed by atoms with Crippen molar-refractivity contribution in [2.75, 3.05) is 26.7 Å². The van der Waals surface area contributed by atoms with E-state index in [1.165, 1.54) is 31.4 Å². The van der Waals surface area contributed by atoms with Crippen LogP contribution >= 0.6 is 0 Å². The quantitative estimate of drug-likeness (QED) is 0.667. The van der Waals surface area contributed by atoms with Crippen LogP contribution in [0.3, 0.4) is 0 Å². The van der Waals surface area contributed by atoms with Gasteiger partial charge in [0.25, 0.3) is 0 Å². The number of nitrogens with zero attached hydrogens (tertiary/aromatic N) is 3. The van der Waals surface area contributed by atoms with Gasteiger partial charge in [-0.25, -0.2) is 0 Å². The zero-order chi connectivity index (χ0) is 14.7. The number of guanidine groups is 1. The zero-order valence-corrected chi connectivity index (χ0v) is 12.9. The number of piperidine rings is 2. The summed E-state index contributed by atoms with van der Waals surface area (Å²) in [5.41, 5.74) is 7.42. The van der Waals surface area contributed by atoms with Gasteiger partial charge in [-0.2, -0.15) is 0 Å². The second kappa shape index (κ2) is 6.48. The van der Waals surface area contributed by atoms with Crippen molar-refractivity contribution in [1.29, 1.82) is 0 Å². The molecule has 2 aliphatic rings. The Labute approximate surface area is 127 Å². The van der Waals surface area contributed by atoms with Crippen LogP contribution in [0.1, 0.15) is 24.8 Å². The highest BCUT2D eigenvalue weighted by Crippen LogP contribution is 2.31. The Balaban J connectivity index is 1.66. The average Bonchev–Trinajstić information content (AvgIpc) is 2.55. The van der Waals surface area contributed by atoms with Crippen molar-refractivity contribution in [3.05, 3.63) is 35.9 Å². The molecule has 0 radical (unpaired) electrons. The van der Waals surface area contributed by atoms with E-state index in [2.05, 4.69) is 45.1 Å². The number of fused-ring (bicyclic) bond motifs is 1. The first-order valence-electron chi connectivity index (χ1n) is 8.03. The normalized spacial score (nSPS) is 27.5. The Kier molecular flexibility index (Phi) is 4.44. The molecular formula is C17H26N4. The Morgan fingerprint density at radius 2 is 2.05 bits per heavy atom. The van der Waals surface area contributed by atoms with E-state index in [1.807, 2.05) is 0 Å². The van der Waals surface area contributed by atoms with Gasteiger partial charge in [0.2, 0.25) is 0 Å². The number of benzene rings is 1. The van der Waals surface area contributed by atoms with Crippen LogP contribution in [0.2, 0.25) is 0 Å². The summed E-state index contributed by atoms with van der Waals surface area (Å²) in [6.07, 6.45) is 3.82. The van der Waals surface area contributed by atoms with Gasteiger partial charge in [0.05, 0.1) is 0 Å². The van der Waals surface area contributed by atoms with Crippen molar-refractivity contribution in [1.82, 2.24) is 9.80 Å². The average molecular weight is 286 g/mol. The van der Waals surface area contributed by atoms with E-state index in [-0.39, 0.29) is 0 Å². The first kappa shape index (κ1) is 14.4. The van der Waals surface area contributed by atoms with Crippen LogP contribution < -0.4 is 5.73 Å². The second-order valence-corrected chi connectivity index (χ2v) is 6.24. The smallest absolute Gasteiger partial charge is 0.190 e. The zero-order valence-electron chi connectivity index (χ0n) is 12.9. The summed E-state index contributed by atoms with van der Waals surface area (Å²) in [7, 11) is 1.78.